The van der Waals surface area contributed by atoms with Gasteiger partial charge in [0.15, 0.2) is 11.2 Å². The summed E-state index contributed by atoms with van der Waals surface area (Å²) in [4.78, 5) is 49.0. The molecule has 1 aliphatic rings. The van der Waals surface area contributed by atoms with E-state index < -0.39 is 65.7 Å². The molecule has 2 unspecified atom stereocenters. The average Bonchev–Trinajstić information content (AvgIpc) is 3.01. The number of carboxylic acid groups (broad SMARTS) is 1. The first kappa shape index (κ1) is 26.8. The minimum atomic E-state index is -1.91. The van der Waals surface area contributed by atoms with Crippen molar-refractivity contribution >= 4 is 23.7 Å². The van der Waals surface area contributed by atoms with Gasteiger partial charge in [0.1, 0.15) is 12.5 Å². The molecule has 0 saturated heterocycles. The topological polar surface area (TPSA) is 136 Å². The molecular weight excluding hydrogens is 408 g/mol. The normalized spacial score (nSPS) is 24.9. The molecule has 9 nitrogen and oxygen atoms in total. The first-order valence-electron chi connectivity index (χ1n) is 10.3. The Morgan fingerprint density at radius 3 is 2.42 bits per heavy atom. The maximum Gasteiger partial charge on any atom is 0.329 e. The van der Waals surface area contributed by atoms with Gasteiger partial charge in [-0.3, -0.25) is 14.4 Å². The molecule has 1 saturated carbocycles. The van der Waals surface area contributed by atoms with Gasteiger partial charge in [0, 0.05) is 5.92 Å². The number of unbranched alkanes of at least 4 members (excludes halogenated alkanes) is 1. The van der Waals surface area contributed by atoms with Gasteiger partial charge in [-0.1, -0.05) is 45.8 Å². The molecule has 0 aliphatic heterocycles. The zero-order valence-corrected chi connectivity index (χ0v) is 18.9. The Balaban J connectivity index is 3.31. The van der Waals surface area contributed by atoms with Crippen LogP contribution in [-0.4, -0.2) is 67.4 Å². The van der Waals surface area contributed by atoms with Gasteiger partial charge in [0.2, 0.25) is 0 Å². The predicted molar refractivity (Wildman–Crippen MR) is 110 cm³/mol. The van der Waals surface area contributed by atoms with Crippen molar-refractivity contribution in [3.05, 3.63) is 12.2 Å². The number of ketones is 1. The lowest BCUT2D eigenvalue weighted by molar-refractivity contribution is -0.166. The molecule has 0 bridgehead atoms. The van der Waals surface area contributed by atoms with Crippen LogP contribution < -0.4 is 0 Å². The number of carbonyl (C=O) groups is 4. The predicted octanol–water partition coefficient (Wildman–Crippen LogP) is 1.76. The number of Topliss-reactive ketones (excluding diaryl/α,β-unsaturated/α-hetero) is 1. The first-order valence-corrected chi connectivity index (χ1v) is 10.3. The summed E-state index contributed by atoms with van der Waals surface area (Å²) in [7, 11) is 2.24. The van der Waals surface area contributed by atoms with Gasteiger partial charge in [0.05, 0.1) is 26.9 Å². The van der Waals surface area contributed by atoms with E-state index in [2.05, 4.69) is 6.92 Å². The lowest BCUT2D eigenvalue weighted by Gasteiger charge is -2.31. The minimum Gasteiger partial charge on any atom is -0.480 e. The van der Waals surface area contributed by atoms with Crippen molar-refractivity contribution in [1.29, 1.82) is 0 Å². The molecule has 2 N–H and O–H groups in total. The lowest BCUT2D eigenvalue weighted by atomic mass is 9.76. The van der Waals surface area contributed by atoms with Crippen LogP contribution in [0.4, 0.5) is 0 Å². The van der Waals surface area contributed by atoms with Crippen LogP contribution in [0.3, 0.4) is 0 Å². The van der Waals surface area contributed by atoms with E-state index in [1.807, 2.05) is 13.8 Å². The summed E-state index contributed by atoms with van der Waals surface area (Å²) in [6.07, 6.45) is 4.82. The van der Waals surface area contributed by atoms with Gasteiger partial charge in [0.25, 0.3) is 0 Å². The molecule has 0 amide bonds. The number of hydrogen-bond donors (Lipinski definition) is 2. The van der Waals surface area contributed by atoms with Crippen LogP contribution in [-0.2, 0) is 33.4 Å². The molecule has 4 atom stereocenters. The summed E-state index contributed by atoms with van der Waals surface area (Å²) in [5.74, 6) is -5.81. The Morgan fingerprint density at radius 1 is 1.26 bits per heavy atom. The Bertz CT molecular complexity index is 697. The van der Waals surface area contributed by atoms with E-state index in [4.69, 9.17) is 19.3 Å². The molecule has 1 rings (SSSR count). The SMILES string of the molecule is CCCCC(C)(C)C(O)C=C[C@H]1C[C@H](C(=O)OC)C(=O)C1(COCC(=O)O)C(=O)OC. The largest absolute Gasteiger partial charge is 0.480 e. The molecule has 9 heteroatoms. The van der Waals surface area contributed by atoms with Crippen molar-refractivity contribution < 1.29 is 43.6 Å². The smallest absolute Gasteiger partial charge is 0.329 e. The Kier molecular flexibility index (Phi) is 9.83. The van der Waals surface area contributed by atoms with Gasteiger partial charge in [-0.15, -0.1) is 0 Å². The summed E-state index contributed by atoms with van der Waals surface area (Å²) >= 11 is 0. The van der Waals surface area contributed by atoms with E-state index >= 15 is 0 Å². The van der Waals surface area contributed by atoms with Gasteiger partial charge in [-0.25, -0.2) is 4.79 Å². The second-order valence-corrected chi connectivity index (χ2v) is 8.55. The van der Waals surface area contributed by atoms with Crippen molar-refractivity contribution in [2.24, 2.45) is 22.7 Å². The van der Waals surface area contributed by atoms with Crippen LogP contribution in [0.25, 0.3) is 0 Å². The molecule has 0 aromatic heterocycles. The zero-order valence-electron chi connectivity index (χ0n) is 18.9. The maximum absolute atomic E-state index is 13.2. The summed E-state index contributed by atoms with van der Waals surface area (Å²) in [6.45, 7) is 4.59. The Morgan fingerprint density at radius 2 is 1.90 bits per heavy atom. The second kappa shape index (κ2) is 11.4. The van der Waals surface area contributed by atoms with E-state index in [1.165, 1.54) is 12.2 Å². The van der Waals surface area contributed by atoms with Crippen molar-refractivity contribution in [2.75, 3.05) is 27.4 Å². The van der Waals surface area contributed by atoms with Crippen LogP contribution in [0.2, 0.25) is 0 Å². The minimum absolute atomic E-state index is 0.0460. The number of hydrogen-bond acceptors (Lipinski definition) is 8. The number of rotatable bonds is 12. The fourth-order valence-corrected chi connectivity index (χ4v) is 3.89. The molecular formula is C22H34O9. The van der Waals surface area contributed by atoms with Crippen molar-refractivity contribution in [1.82, 2.24) is 0 Å². The monoisotopic (exact) mass is 442 g/mol. The van der Waals surface area contributed by atoms with Gasteiger partial charge >= 0.3 is 17.9 Å². The number of aliphatic carboxylic acids is 1. The Labute approximate surface area is 182 Å². The van der Waals surface area contributed by atoms with Crippen LogP contribution in [0.15, 0.2) is 12.2 Å². The summed E-state index contributed by atoms with van der Waals surface area (Å²) in [5.41, 5.74) is -2.35. The van der Waals surface area contributed by atoms with Crippen LogP contribution in [0.1, 0.15) is 46.5 Å². The maximum atomic E-state index is 13.2. The van der Waals surface area contributed by atoms with Gasteiger partial charge in [-0.05, 0) is 18.3 Å². The first-order chi connectivity index (χ1) is 14.5. The molecule has 1 aliphatic carbocycles. The van der Waals surface area contributed by atoms with E-state index in [1.54, 1.807) is 0 Å². The van der Waals surface area contributed by atoms with Crippen molar-refractivity contribution in [3.63, 3.8) is 0 Å². The van der Waals surface area contributed by atoms with Crippen molar-refractivity contribution in [2.45, 2.75) is 52.6 Å². The highest BCUT2D eigenvalue weighted by atomic mass is 16.5. The summed E-state index contributed by atoms with van der Waals surface area (Å²) in [6, 6.07) is 0. The number of aliphatic hydroxyl groups is 1. The average molecular weight is 443 g/mol. The number of ether oxygens (including phenoxy) is 3. The third-order valence-electron chi connectivity index (χ3n) is 5.97. The van der Waals surface area contributed by atoms with Gasteiger partial charge in [-0.2, -0.15) is 0 Å². The van der Waals surface area contributed by atoms with E-state index in [-0.39, 0.29) is 6.42 Å². The molecule has 176 valence electrons. The summed E-state index contributed by atoms with van der Waals surface area (Å²) < 4.78 is 14.7. The summed E-state index contributed by atoms with van der Waals surface area (Å²) in [5, 5.41) is 19.5. The van der Waals surface area contributed by atoms with E-state index in [0.29, 0.717) is 0 Å². The third kappa shape index (κ3) is 6.13. The van der Waals surface area contributed by atoms with Crippen molar-refractivity contribution in [3.8, 4) is 0 Å². The molecule has 0 radical (unpaired) electrons. The molecule has 0 heterocycles. The Hall–Kier alpha value is -2.26. The van der Waals surface area contributed by atoms with E-state index in [0.717, 1.165) is 33.5 Å². The van der Waals surface area contributed by atoms with Crippen LogP contribution >= 0.6 is 0 Å². The highest BCUT2D eigenvalue weighted by molar-refractivity contribution is 6.14. The number of esters is 2. The number of aliphatic hydroxyl groups excluding tert-OH is 1. The second-order valence-electron chi connectivity index (χ2n) is 8.55. The molecule has 1 fully saturated rings. The quantitative estimate of drug-likeness (QED) is 0.263. The molecule has 31 heavy (non-hydrogen) atoms. The van der Waals surface area contributed by atoms with Crippen LogP contribution in [0.5, 0.6) is 0 Å². The number of allylic oxidation sites excluding steroid dienone is 1. The fraction of sp³-hybridized carbons (Fsp3) is 0.727. The number of carbonyl (C=O) groups excluding carboxylic acids is 3. The number of carboxylic acids is 1. The van der Waals surface area contributed by atoms with Gasteiger partial charge < -0.3 is 24.4 Å². The zero-order chi connectivity index (χ0) is 23.8. The fourth-order valence-electron chi connectivity index (χ4n) is 3.89. The molecule has 0 spiro atoms. The lowest BCUT2D eigenvalue weighted by Crippen LogP contribution is -2.47. The van der Waals surface area contributed by atoms with E-state index in [9.17, 15) is 24.3 Å². The third-order valence-corrected chi connectivity index (χ3v) is 5.97. The van der Waals surface area contributed by atoms with Crippen LogP contribution in [0, 0.1) is 22.7 Å². The highest BCUT2D eigenvalue weighted by Gasteiger charge is 2.62. The molecule has 0 aromatic rings. The number of methoxy groups -OCH3 is 2. The standard InChI is InChI=1S/C22H34O9/c1-6-7-10-21(2,3)16(23)9-8-14-11-15(19(27)29-4)18(26)22(14,20(28)30-5)13-31-12-17(24)25/h8-9,14-16,23H,6-7,10-13H2,1-5H3,(H,24,25)/t14-,15-,16?,22?/m0/s1. The molecule has 0 aromatic carbocycles. The highest BCUT2D eigenvalue weighted by Crippen LogP contribution is 2.46.